The van der Waals surface area contributed by atoms with Crippen molar-refractivity contribution in [2.45, 2.75) is 0 Å². The maximum absolute atomic E-state index is 2.37. The summed E-state index contributed by atoms with van der Waals surface area (Å²) in [5, 5.41) is 20.3. The molecule has 0 N–H and O–H groups in total. The molecule has 0 atom stereocenters. The molecule has 0 saturated heterocycles. The van der Waals surface area contributed by atoms with Crippen LogP contribution in [0.3, 0.4) is 0 Å². The lowest BCUT2D eigenvalue weighted by atomic mass is 9.83. The highest BCUT2D eigenvalue weighted by Gasteiger charge is 2.23. The van der Waals surface area contributed by atoms with Crippen molar-refractivity contribution >= 4 is 86.2 Å². The summed E-state index contributed by atoms with van der Waals surface area (Å²) < 4.78 is 0. The molecule has 18 rings (SSSR count). The molecule has 0 unspecified atom stereocenters. The number of rotatable bonds is 8. The van der Waals surface area contributed by atoms with Gasteiger partial charge in [-0.3, -0.25) is 0 Å². The van der Waals surface area contributed by atoms with E-state index in [1.54, 1.807) is 0 Å². The minimum atomic E-state index is 1.23. The Morgan fingerprint density at radius 1 is 0.109 bits per heavy atom. The fourth-order valence-electron chi connectivity index (χ4n) is 14.8. The zero-order chi connectivity index (χ0) is 60.9. The molecular weight excluding hydrogens is 1110 g/mol. The van der Waals surface area contributed by atoms with Crippen LogP contribution in [0.4, 0.5) is 0 Å². The molecule has 0 aliphatic heterocycles. The van der Waals surface area contributed by atoms with E-state index in [0.29, 0.717) is 0 Å². The van der Waals surface area contributed by atoms with Gasteiger partial charge in [0, 0.05) is 0 Å². The quantitative estimate of drug-likeness (QED) is 0.133. The van der Waals surface area contributed by atoms with Crippen LogP contribution in [0.25, 0.3) is 175 Å². The summed E-state index contributed by atoms with van der Waals surface area (Å²) in [7, 11) is 0. The van der Waals surface area contributed by atoms with E-state index in [4.69, 9.17) is 0 Å². The summed E-state index contributed by atoms with van der Waals surface area (Å²) in [6, 6.07) is 133. The second-order valence-electron chi connectivity index (χ2n) is 24.0. The second kappa shape index (κ2) is 23.2. The molecule has 0 spiro atoms. The summed E-state index contributed by atoms with van der Waals surface area (Å²) in [6.45, 7) is 0. The van der Waals surface area contributed by atoms with Gasteiger partial charge in [-0.25, -0.2) is 0 Å². The minimum Gasteiger partial charge on any atom is -0.0622 e. The zero-order valence-electron chi connectivity index (χ0n) is 50.6. The molecular formula is C92H60. The topological polar surface area (TPSA) is 0 Å². The molecule has 0 saturated carbocycles. The van der Waals surface area contributed by atoms with Crippen LogP contribution in [0.15, 0.2) is 364 Å². The van der Waals surface area contributed by atoms with E-state index < -0.39 is 0 Å². The van der Waals surface area contributed by atoms with Crippen molar-refractivity contribution in [3.8, 4) is 89.0 Å². The molecule has 0 heterocycles. The highest BCUT2D eigenvalue weighted by atomic mass is 14.3. The second-order valence-corrected chi connectivity index (χ2v) is 24.0. The molecule has 0 aliphatic carbocycles. The molecule has 0 nitrogen and oxygen atoms in total. The average Bonchev–Trinajstić information content (AvgIpc) is 1.09. The third kappa shape index (κ3) is 9.39. The van der Waals surface area contributed by atoms with E-state index in [1.807, 2.05) is 0 Å². The Labute approximate surface area is 535 Å². The van der Waals surface area contributed by atoms with E-state index in [9.17, 15) is 0 Å². The van der Waals surface area contributed by atoms with E-state index in [-0.39, 0.29) is 0 Å². The van der Waals surface area contributed by atoms with Crippen molar-refractivity contribution in [3.05, 3.63) is 364 Å². The minimum absolute atomic E-state index is 1.23. The van der Waals surface area contributed by atoms with Crippen LogP contribution in [0, 0.1) is 0 Å². The fraction of sp³-hybridized carbons (Fsp3) is 0. The third-order valence-electron chi connectivity index (χ3n) is 18.9. The highest BCUT2D eigenvalue weighted by molar-refractivity contribution is 6.28. The summed E-state index contributed by atoms with van der Waals surface area (Å²) in [5.41, 5.74) is 20.1. The van der Waals surface area contributed by atoms with E-state index >= 15 is 0 Å². The van der Waals surface area contributed by atoms with Gasteiger partial charge >= 0.3 is 0 Å². The van der Waals surface area contributed by atoms with Gasteiger partial charge in [0.05, 0.1) is 0 Å². The number of hydrogen-bond donors (Lipinski definition) is 0. The molecule has 0 aromatic heterocycles. The van der Waals surface area contributed by atoms with Crippen LogP contribution >= 0.6 is 0 Å². The summed E-state index contributed by atoms with van der Waals surface area (Å²) in [5.74, 6) is 0. The number of fused-ring (bicyclic) bond motifs is 8. The molecule has 92 heavy (non-hydrogen) atoms. The van der Waals surface area contributed by atoms with Crippen LogP contribution < -0.4 is 0 Å². The Kier molecular flexibility index (Phi) is 13.7. The molecule has 18 aromatic rings. The molecule has 0 radical (unpaired) electrons. The molecule has 0 bridgehead atoms. The number of benzene rings is 18. The first kappa shape index (κ1) is 54.2. The SMILES string of the molecule is c1ccc(-c2ccc3cccc(-c4c5ccccc5c(-c5ccc(-c6ccccc6)c6ccccc56)c5ccccc45)c3c2)cc1.c1ccc(-c2ccc3cccc(-c4c5ccccc5c(-c5cccc6c(-c7ccccc7)cccc56)c5ccccc45)c3c2)cc1. The van der Waals surface area contributed by atoms with Crippen molar-refractivity contribution in [3.63, 3.8) is 0 Å². The van der Waals surface area contributed by atoms with Gasteiger partial charge < -0.3 is 0 Å². The van der Waals surface area contributed by atoms with Crippen molar-refractivity contribution < 1.29 is 0 Å². The lowest BCUT2D eigenvalue weighted by molar-refractivity contribution is 1.64. The molecule has 428 valence electrons. The Bertz CT molecular complexity index is 5270. The largest absolute Gasteiger partial charge is 0.0622 e. The lowest BCUT2D eigenvalue weighted by Gasteiger charge is -2.20. The maximum Gasteiger partial charge on any atom is -0.00201 e. The Morgan fingerprint density at radius 2 is 0.337 bits per heavy atom. The summed E-state index contributed by atoms with van der Waals surface area (Å²) >= 11 is 0. The maximum atomic E-state index is 2.37. The summed E-state index contributed by atoms with van der Waals surface area (Å²) in [6.07, 6.45) is 0. The third-order valence-corrected chi connectivity index (χ3v) is 18.9. The van der Waals surface area contributed by atoms with Gasteiger partial charge in [-0.2, -0.15) is 0 Å². The van der Waals surface area contributed by atoms with E-state index in [0.717, 1.165) is 0 Å². The predicted octanol–water partition coefficient (Wildman–Crippen LogP) is 25.9. The van der Waals surface area contributed by atoms with Crippen molar-refractivity contribution in [2.24, 2.45) is 0 Å². The van der Waals surface area contributed by atoms with Crippen LogP contribution in [0.1, 0.15) is 0 Å². The van der Waals surface area contributed by atoms with Gasteiger partial charge in [0.15, 0.2) is 0 Å². The fourth-order valence-corrected chi connectivity index (χ4v) is 14.8. The van der Waals surface area contributed by atoms with E-state index in [1.165, 1.54) is 175 Å². The van der Waals surface area contributed by atoms with Gasteiger partial charge in [0.1, 0.15) is 0 Å². The van der Waals surface area contributed by atoms with Gasteiger partial charge in [-0.05, 0) is 187 Å². The first-order valence-corrected chi connectivity index (χ1v) is 31.9. The Morgan fingerprint density at radius 3 is 0.685 bits per heavy atom. The summed E-state index contributed by atoms with van der Waals surface area (Å²) in [4.78, 5) is 0. The van der Waals surface area contributed by atoms with Crippen molar-refractivity contribution in [2.75, 3.05) is 0 Å². The molecule has 0 aliphatic rings. The molecule has 0 amide bonds. The smallest absolute Gasteiger partial charge is 0.00201 e. The Balaban J connectivity index is 0.000000141. The first-order valence-electron chi connectivity index (χ1n) is 31.9. The van der Waals surface area contributed by atoms with Crippen LogP contribution in [-0.4, -0.2) is 0 Å². The average molecular weight is 1170 g/mol. The lowest BCUT2D eigenvalue weighted by Crippen LogP contribution is -1.93. The standard InChI is InChI=1S/2C46H30/c1-3-14-31(15-4-1)34-29-28-33-18-11-26-43(44(33)30-34)46-41-21-9-7-19-39(41)45(40-20-8-10-22-42(40)46)38-27-13-24-36-35(23-12-25-37(36)38)32-16-5-2-6-17-32;1-3-14-31(15-4-1)34-27-26-33-18-13-25-42(44(33)30-34)45-38-21-9-11-23-40(38)46(41-24-12-10-22-39(41)45)43-29-28-35(32-16-5-2-6-17-32)36-19-7-8-20-37(36)43/h2*1-30H. The van der Waals surface area contributed by atoms with Crippen molar-refractivity contribution in [1.82, 2.24) is 0 Å². The molecule has 0 fully saturated rings. The first-order chi connectivity index (χ1) is 45.7. The van der Waals surface area contributed by atoms with E-state index in [2.05, 4.69) is 364 Å². The van der Waals surface area contributed by atoms with Crippen molar-refractivity contribution in [1.29, 1.82) is 0 Å². The predicted molar refractivity (Wildman–Crippen MR) is 396 cm³/mol. The van der Waals surface area contributed by atoms with Gasteiger partial charge in [-0.15, -0.1) is 0 Å². The molecule has 0 heteroatoms. The normalized spacial score (nSPS) is 11.5. The van der Waals surface area contributed by atoms with Gasteiger partial charge in [0.2, 0.25) is 0 Å². The monoisotopic (exact) mass is 1160 g/mol. The van der Waals surface area contributed by atoms with Crippen LogP contribution in [-0.2, 0) is 0 Å². The van der Waals surface area contributed by atoms with Crippen LogP contribution in [0.2, 0.25) is 0 Å². The zero-order valence-corrected chi connectivity index (χ0v) is 50.6. The van der Waals surface area contributed by atoms with Crippen LogP contribution in [0.5, 0.6) is 0 Å². The Hall–Kier alpha value is -12.0. The molecule has 18 aromatic carbocycles. The highest BCUT2D eigenvalue weighted by Crippen LogP contribution is 2.50. The van der Waals surface area contributed by atoms with Gasteiger partial charge in [-0.1, -0.05) is 352 Å². The van der Waals surface area contributed by atoms with Gasteiger partial charge in [0.25, 0.3) is 0 Å². The number of hydrogen-bond acceptors (Lipinski definition) is 0.